The van der Waals surface area contributed by atoms with Crippen LogP contribution in [0, 0.1) is 0 Å². The number of rotatable bonds is 2. The summed E-state index contributed by atoms with van der Waals surface area (Å²) in [6, 6.07) is 0.701. The highest BCUT2D eigenvalue weighted by Crippen LogP contribution is 2.30. The van der Waals surface area contributed by atoms with Crippen LogP contribution in [-0.2, 0) is 4.74 Å². The average Bonchev–Trinajstić information content (AvgIpc) is 2.71. The van der Waals surface area contributed by atoms with Gasteiger partial charge in [0.2, 0.25) is 0 Å². The van der Waals surface area contributed by atoms with E-state index in [1.54, 1.807) is 0 Å². The van der Waals surface area contributed by atoms with Gasteiger partial charge in [-0.3, -0.25) is 4.90 Å². The Morgan fingerprint density at radius 3 is 2.77 bits per heavy atom. The Morgan fingerprint density at radius 1 is 1.31 bits per heavy atom. The molecule has 0 aromatic heterocycles. The second kappa shape index (κ2) is 4.28. The van der Waals surface area contributed by atoms with Gasteiger partial charge in [-0.2, -0.15) is 0 Å². The highest BCUT2D eigenvalue weighted by Gasteiger charge is 2.35. The molecule has 1 aliphatic heterocycles. The first kappa shape index (κ1) is 9.94. The van der Waals surface area contributed by atoms with Crippen molar-refractivity contribution in [3.8, 4) is 0 Å². The summed E-state index contributed by atoms with van der Waals surface area (Å²) >= 11 is 3.69. The van der Waals surface area contributed by atoms with E-state index in [-0.39, 0.29) is 0 Å². The minimum Gasteiger partial charge on any atom is -0.380 e. The van der Waals surface area contributed by atoms with E-state index in [2.05, 4.69) is 20.8 Å². The van der Waals surface area contributed by atoms with E-state index in [0.717, 1.165) is 0 Å². The van der Waals surface area contributed by atoms with E-state index >= 15 is 0 Å². The molecule has 2 rings (SSSR count). The van der Waals surface area contributed by atoms with Crippen molar-refractivity contribution in [2.45, 2.75) is 42.7 Å². The van der Waals surface area contributed by atoms with Crippen LogP contribution >= 0.6 is 15.9 Å². The maximum absolute atomic E-state index is 5.51. The van der Waals surface area contributed by atoms with Crippen LogP contribution in [-0.4, -0.2) is 42.1 Å². The van der Waals surface area contributed by atoms with Crippen LogP contribution in [0.2, 0.25) is 0 Å². The molecule has 3 heteroatoms. The number of alkyl halides is 1. The van der Waals surface area contributed by atoms with Crippen LogP contribution in [0.1, 0.15) is 25.7 Å². The van der Waals surface area contributed by atoms with E-state index in [0.29, 0.717) is 17.0 Å². The van der Waals surface area contributed by atoms with Crippen molar-refractivity contribution < 1.29 is 4.74 Å². The fourth-order valence-electron chi connectivity index (χ4n) is 2.64. The SMILES string of the molecule is COC1CCCC1N1CCC(Br)C1. The number of methoxy groups -OCH3 is 1. The minimum absolute atomic E-state index is 0.498. The van der Waals surface area contributed by atoms with E-state index in [4.69, 9.17) is 4.74 Å². The predicted molar refractivity (Wildman–Crippen MR) is 57.3 cm³/mol. The van der Waals surface area contributed by atoms with Crippen LogP contribution in [0.25, 0.3) is 0 Å². The van der Waals surface area contributed by atoms with Gasteiger partial charge in [0.05, 0.1) is 6.10 Å². The molecular weight excluding hydrogens is 230 g/mol. The summed E-state index contributed by atoms with van der Waals surface area (Å²) in [7, 11) is 1.85. The first-order valence-electron chi connectivity index (χ1n) is 5.22. The standard InChI is InChI=1S/C10H18BrNO/c1-13-10-4-2-3-9(10)12-6-5-8(11)7-12/h8-10H,2-7H2,1H3. The Kier molecular flexibility index (Phi) is 3.27. The molecule has 3 unspecified atom stereocenters. The second-order valence-corrected chi connectivity index (χ2v) is 5.45. The molecule has 13 heavy (non-hydrogen) atoms. The first-order valence-corrected chi connectivity index (χ1v) is 6.13. The molecule has 0 N–H and O–H groups in total. The van der Waals surface area contributed by atoms with Crippen LogP contribution in [0.4, 0.5) is 0 Å². The molecule has 2 fully saturated rings. The zero-order chi connectivity index (χ0) is 9.26. The highest BCUT2D eigenvalue weighted by molar-refractivity contribution is 9.09. The summed E-state index contributed by atoms with van der Waals surface area (Å²) in [5.74, 6) is 0. The number of halogens is 1. The molecule has 1 aliphatic carbocycles. The molecule has 0 amide bonds. The van der Waals surface area contributed by atoms with Crippen molar-refractivity contribution in [2.75, 3.05) is 20.2 Å². The van der Waals surface area contributed by atoms with Crippen LogP contribution in [0.15, 0.2) is 0 Å². The minimum atomic E-state index is 0.498. The summed E-state index contributed by atoms with van der Waals surface area (Å²) in [6.45, 7) is 2.46. The quantitative estimate of drug-likeness (QED) is 0.693. The number of ether oxygens (including phenoxy) is 1. The Hall–Kier alpha value is 0.400. The summed E-state index contributed by atoms with van der Waals surface area (Å²) in [6.07, 6.45) is 5.72. The van der Waals surface area contributed by atoms with Crippen molar-refractivity contribution in [3.63, 3.8) is 0 Å². The Balaban J connectivity index is 1.92. The molecule has 76 valence electrons. The van der Waals surface area contributed by atoms with Crippen LogP contribution in [0.5, 0.6) is 0 Å². The van der Waals surface area contributed by atoms with E-state index in [1.165, 1.54) is 38.8 Å². The fraction of sp³-hybridized carbons (Fsp3) is 1.00. The first-order chi connectivity index (χ1) is 6.31. The van der Waals surface area contributed by atoms with Crippen molar-refractivity contribution in [3.05, 3.63) is 0 Å². The molecule has 1 saturated carbocycles. The summed E-state index contributed by atoms with van der Waals surface area (Å²) in [5, 5.41) is 0. The van der Waals surface area contributed by atoms with Crippen LogP contribution < -0.4 is 0 Å². The van der Waals surface area contributed by atoms with Crippen molar-refractivity contribution in [2.24, 2.45) is 0 Å². The lowest BCUT2D eigenvalue weighted by Crippen LogP contribution is -2.39. The largest absolute Gasteiger partial charge is 0.380 e. The van der Waals surface area contributed by atoms with Gasteiger partial charge in [0.15, 0.2) is 0 Å². The van der Waals surface area contributed by atoms with Crippen LogP contribution in [0.3, 0.4) is 0 Å². The number of hydrogen-bond acceptors (Lipinski definition) is 2. The molecule has 2 nitrogen and oxygen atoms in total. The summed E-state index contributed by atoms with van der Waals surface area (Å²) in [5.41, 5.74) is 0. The Morgan fingerprint density at radius 2 is 2.15 bits per heavy atom. The van der Waals surface area contributed by atoms with Gasteiger partial charge in [-0.1, -0.05) is 15.9 Å². The lowest BCUT2D eigenvalue weighted by Gasteiger charge is -2.28. The summed E-state index contributed by atoms with van der Waals surface area (Å²) < 4.78 is 5.51. The van der Waals surface area contributed by atoms with Gasteiger partial charge in [-0.05, 0) is 32.2 Å². The summed E-state index contributed by atoms with van der Waals surface area (Å²) in [4.78, 5) is 3.31. The second-order valence-electron chi connectivity index (χ2n) is 4.15. The van der Waals surface area contributed by atoms with E-state index in [9.17, 15) is 0 Å². The average molecular weight is 248 g/mol. The molecule has 0 aromatic carbocycles. The van der Waals surface area contributed by atoms with Gasteiger partial charge < -0.3 is 4.74 Å². The smallest absolute Gasteiger partial charge is 0.0726 e. The fourth-order valence-corrected chi connectivity index (χ4v) is 3.22. The van der Waals surface area contributed by atoms with Gasteiger partial charge in [-0.25, -0.2) is 0 Å². The van der Waals surface area contributed by atoms with Crippen molar-refractivity contribution in [1.82, 2.24) is 4.90 Å². The third-order valence-electron chi connectivity index (χ3n) is 3.35. The Bertz CT molecular complexity index is 176. The van der Waals surface area contributed by atoms with Gasteiger partial charge >= 0.3 is 0 Å². The van der Waals surface area contributed by atoms with Gasteiger partial charge in [0, 0.05) is 24.5 Å². The van der Waals surface area contributed by atoms with E-state index < -0.39 is 0 Å². The third kappa shape index (κ3) is 2.08. The lowest BCUT2D eigenvalue weighted by atomic mass is 10.2. The van der Waals surface area contributed by atoms with Crippen molar-refractivity contribution >= 4 is 15.9 Å². The molecule has 0 spiro atoms. The van der Waals surface area contributed by atoms with Gasteiger partial charge in [0.1, 0.15) is 0 Å². The Labute approximate surface area is 88.8 Å². The highest BCUT2D eigenvalue weighted by atomic mass is 79.9. The third-order valence-corrected chi connectivity index (χ3v) is 4.10. The normalized spacial score (nSPS) is 41.5. The van der Waals surface area contributed by atoms with Crippen molar-refractivity contribution in [1.29, 1.82) is 0 Å². The van der Waals surface area contributed by atoms with E-state index in [1.807, 2.05) is 7.11 Å². The lowest BCUT2D eigenvalue weighted by molar-refractivity contribution is 0.0425. The monoisotopic (exact) mass is 247 g/mol. The maximum Gasteiger partial charge on any atom is 0.0726 e. The number of nitrogens with zero attached hydrogens (tertiary/aromatic N) is 1. The van der Waals surface area contributed by atoms with Gasteiger partial charge in [-0.15, -0.1) is 0 Å². The molecule has 3 atom stereocenters. The zero-order valence-electron chi connectivity index (χ0n) is 8.21. The molecule has 0 aromatic rings. The molecule has 0 radical (unpaired) electrons. The maximum atomic E-state index is 5.51. The van der Waals surface area contributed by atoms with Gasteiger partial charge in [0.25, 0.3) is 0 Å². The predicted octanol–water partition coefficient (Wildman–Crippen LogP) is 2.02. The number of likely N-dealkylation sites (tertiary alicyclic amines) is 1. The number of hydrogen-bond donors (Lipinski definition) is 0. The molecule has 0 bridgehead atoms. The topological polar surface area (TPSA) is 12.5 Å². The zero-order valence-corrected chi connectivity index (χ0v) is 9.79. The molecule has 1 heterocycles. The molecule has 1 saturated heterocycles. The molecular formula is C10H18BrNO. The molecule has 2 aliphatic rings.